The van der Waals surface area contributed by atoms with Crippen molar-refractivity contribution in [3.05, 3.63) is 59.7 Å². The maximum absolute atomic E-state index is 13.0. The molecule has 0 bridgehead atoms. The molecule has 1 amide bonds. The predicted octanol–water partition coefficient (Wildman–Crippen LogP) is 5.16. The number of esters is 1. The molecular weight excluding hydrogens is 481 g/mol. The zero-order chi connectivity index (χ0) is 26.6. The zero-order valence-corrected chi connectivity index (χ0v) is 20.4. The van der Waals surface area contributed by atoms with Gasteiger partial charge < -0.3 is 29.6 Å². The Bertz CT molecular complexity index is 992. The van der Waals surface area contributed by atoms with E-state index in [9.17, 15) is 22.8 Å². The fourth-order valence-electron chi connectivity index (χ4n) is 2.83. The monoisotopic (exact) mass is 512 g/mol. The smallest absolute Gasteiger partial charge is 0.416 e. The molecule has 0 unspecified atom stereocenters. The molecule has 0 aliphatic rings. The zero-order valence-electron chi connectivity index (χ0n) is 20.4. The molecule has 2 rings (SSSR count). The quantitative estimate of drug-likeness (QED) is 0.300. The first-order valence-corrected chi connectivity index (χ1v) is 11.3. The Morgan fingerprint density at radius 1 is 0.861 bits per heavy atom. The molecule has 2 aromatic carbocycles. The SMILES string of the molecule is CC(C)(C)OC(=O)NCCOCCOCCOC(=O)c1ccccc1Nc1cccc(C(F)(F)F)c1. The first-order chi connectivity index (χ1) is 17.0. The highest BCUT2D eigenvalue weighted by Gasteiger charge is 2.30. The number of ether oxygens (including phenoxy) is 4. The van der Waals surface area contributed by atoms with Crippen LogP contribution in [0.2, 0.25) is 0 Å². The van der Waals surface area contributed by atoms with Crippen LogP contribution < -0.4 is 10.6 Å². The number of alkyl halides is 3. The van der Waals surface area contributed by atoms with Crippen molar-refractivity contribution in [1.29, 1.82) is 0 Å². The van der Waals surface area contributed by atoms with E-state index in [1.54, 1.807) is 39.0 Å². The number of rotatable bonds is 12. The average molecular weight is 513 g/mol. The van der Waals surface area contributed by atoms with Gasteiger partial charge in [0.1, 0.15) is 12.2 Å². The molecule has 8 nitrogen and oxygen atoms in total. The van der Waals surface area contributed by atoms with Crippen LogP contribution in [0.25, 0.3) is 0 Å². The number of hydrogen-bond donors (Lipinski definition) is 2. The van der Waals surface area contributed by atoms with Gasteiger partial charge in [0, 0.05) is 12.2 Å². The summed E-state index contributed by atoms with van der Waals surface area (Å²) < 4.78 is 59.9. The van der Waals surface area contributed by atoms with Crippen LogP contribution in [0.5, 0.6) is 0 Å². The van der Waals surface area contributed by atoms with Crippen molar-refractivity contribution in [2.45, 2.75) is 32.5 Å². The molecule has 0 atom stereocenters. The Kier molecular flexibility index (Phi) is 11.0. The number of carbonyl (C=O) groups excluding carboxylic acids is 2. The summed E-state index contributed by atoms with van der Waals surface area (Å²) in [5, 5.41) is 5.40. The van der Waals surface area contributed by atoms with Crippen LogP contribution in [-0.4, -0.2) is 57.2 Å². The number of para-hydroxylation sites is 1. The minimum atomic E-state index is -4.47. The molecule has 0 aliphatic heterocycles. The van der Waals surface area contributed by atoms with Crippen LogP contribution in [0.15, 0.2) is 48.5 Å². The lowest BCUT2D eigenvalue weighted by atomic mass is 10.1. The van der Waals surface area contributed by atoms with Gasteiger partial charge in [0.05, 0.1) is 43.2 Å². The molecule has 0 heterocycles. The number of carbonyl (C=O) groups is 2. The van der Waals surface area contributed by atoms with Gasteiger partial charge in [0.2, 0.25) is 0 Å². The maximum atomic E-state index is 13.0. The number of hydrogen-bond acceptors (Lipinski definition) is 7. The third kappa shape index (κ3) is 11.0. The fraction of sp³-hybridized carbons (Fsp3) is 0.440. The van der Waals surface area contributed by atoms with E-state index in [2.05, 4.69) is 10.6 Å². The van der Waals surface area contributed by atoms with Crippen LogP contribution >= 0.6 is 0 Å². The van der Waals surface area contributed by atoms with E-state index in [-0.39, 0.29) is 44.3 Å². The molecule has 0 fully saturated rings. The van der Waals surface area contributed by atoms with Crippen molar-refractivity contribution < 1.29 is 41.7 Å². The third-order valence-corrected chi connectivity index (χ3v) is 4.36. The highest BCUT2D eigenvalue weighted by Crippen LogP contribution is 2.32. The van der Waals surface area contributed by atoms with Gasteiger partial charge in [0.15, 0.2) is 0 Å². The number of alkyl carbamates (subject to hydrolysis) is 1. The van der Waals surface area contributed by atoms with Crippen LogP contribution in [0.4, 0.5) is 29.3 Å². The van der Waals surface area contributed by atoms with Crippen LogP contribution in [0, 0.1) is 0 Å². The van der Waals surface area contributed by atoms with Gasteiger partial charge in [-0.15, -0.1) is 0 Å². The third-order valence-electron chi connectivity index (χ3n) is 4.36. The van der Waals surface area contributed by atoms with E-state index in [1.165, 1.54) is 18.2 Å². The minimum Gasteiger partial charge on any atom is -0.460 e. The second kappa shape index (κ2) is 13.7. The molecule has 2 N–H and O–H groups in total. The van der Waals surface area contributed by atoms with E-state index >= 15 is 0 Å². The maximum Gasteiger partial charge on any atom is 0.416 e. The van der Waals surface area contributed by atoms with Crippen molar-refractivity contribution in [1.82, 2.24) is 5.32 Å². The molecule has 11 heteroatoms. The lowest BCUT2D eigenvalue weighted by Gasteiger charge is -2.19. The first-order valence-electron chi connectivity index (χ1n) is 11.3. The molecule has 0 radical (unpaired) electrons. The van der Waals surface area contributed by atoms with Crippen LogP contribution in [0.1, 0.15) is 36.7 Å². The minimum absolute atomic E-state index is 0.0169. The van der Waals surface area contributed by atoms with E-state index in [1.807, 2.05) is 0 Å². The van der Waals surface area contributed by atoms with Crippen molar-refractivity contribution >= 4 is 23.4 Å². The van der Waals surface area contributed by atoms with Crippen molar-refractivity contribution in [2.75, 3.05) is 44.9 Å². The van der Waals surface area contributed by atoms with Gasteiger partial charge in [-0.25, -0.2) is 9.59 Å². The summed E-state index contributed by atoms with van der Waals surface area (Å²) in [6.45, 7) is 6.56. The summed E-state index contributed by atoms with van der Waals surface area (Å²) >= 11 is 0. The summed E-state index contributed by atoms with van der Waals surface area (Å²) in [5.74, 6) is -0.641. The van der Waals surface area contributed by atoms with Crippen molar-refractivity contribution in [2.24, 2.45) is 0 Å². The molecule has 0 spiro atoms. The summed E-state index contributed by atoms with van der Waals surface area (Å²) in [6.07, 6.45) is -4.99. The number of amides is 1. The van der Waals surface area contributed by atoms with Crippen LogP contribution in [-0.2, 0) is 25.1 Å². The molecule has 198 valence electrons. The number of halogens is 3. The molecule has 0 saturated carbocycles. The Balaban J connectivity index is 1.67. The summed E-state index contributed by atoms with van der Waals surface area (Å²) in [5.41, 5.74) is -0.682. The highest BCUT2D eigenvalue weighted by molar-refractivity contribution is 5.96. The Hall–Kier alpha value is -3.31. The Labute approximate surface area is 208 Å². The number of benzene rings is 2. The fourth-order valence-corrected chi connectivity index (χ4v) is 2.83. The summed E-state index contributed by atoms with van der Waals surface area (Å²) in [4.78, 5) is 23.9. The molecular formula is C25H31F3N2O6. The standard InChI is InChI=1S/C25H31F3N2O6/c1-24(2,3)36-23(32)29-11-12-33-13-14-34-15-16-35-22(31)20-9-4-5-10-21(20)30-19-8-6-7-18(17-19)25(26,27)28/h4-10,17,30H,11-16H2,1-3H3,(H,29,32). The molecule has 0 aromatic heterocycles. The van der Waals surface area contributed by atoms with Gasteiger partial charge >= 0.3 is 18.2 Å². The van der Waals surface area contributed by atoms with E-state index in [0.29, 0.717) is 12.2 Å². The predicted molar refractivity (Wildman–Crippen MR) is 127 cm³/mol. The molecule has 36 heavy (non-hydrogen) atoms. The Morgan fingerprint density at radius 3 is 2.22 bits per heavy atom. The lowest BCUT2D eigenvalue weighted by Crippen LogP contribution is -2.34. The van der Waals surface area contributed by atoms with Crippen LogP contribution in [0.3, 0.4) is 0 Å². The second-order valence-corrected chi connectivity index (χ2v) is 8.54. The topological polar surface area (TPSA) is 95.1 Å². The van der Waals surface area contributed by atoms with E-state index in [4.69, 9.17) is 18.9 Å². The normalized spacial score (nSPS) is 11.6. The first kappa shape index (κ1) is 28.9. The number of nitrogens with one attached hydrogen (secondary N) is 2. The Morgan fingerprint density at radius 2 is 1.53 bits per heavy atom. The van der Waals surface area contributed by atoms with Gasteiger partial charge in [-0.1, -0.05) is 18.2 Å². The largest absolute Gasteiger partial charge is 0.460 e. The van der Waals surface area contributed by atoms with E-state index in [0.717, 1.165) is 12.1 Å². The molecule has 2 aromatic rings. The highest BCUT2D eigenvalue weighted by atomic mass is 19.4. The van der Waals surface area contributed by atoms with Gasteiger partial charge in [-0.05, 0) is 51.1 Å². The molecule has 0 aliphatic carbocycles. The molecule has 0 saturated heterocycles. The summed E-state index contributed by atoms with van der Waals surface area (Å²) in [6, 6.07) is 11.0. The van der Waals surface area contributed by atoms with Gasteiger partial charge in [-0.2, -0.15) is 13.2 Å². The average Bonchev–Trinajstić information content (AvgIpc) is 2.79. The van der Waals surface area contributed by atoms with Gasteiger partial charge in [0.25, 0.3) is 0 Å². The van der Waals surface area contributed by atoms with E-state index < -0.39 is 29.4 Å². The second-order valence-electron chi connectivity index (χ2n) is 8.54. The summed E-state index contributed by atoms with van der Waals surface area (Å²) in [7, 11) is 0. The van der Waals surface area contributed by atoms with Crippen molar-refractivity contribution in [3.8, 4) is 0 Å². The number of anilines is 2. The van der Waals surface area contributed by atoms with Crippen molar-refractivity contribution in [3.63, 3.8) is 0 Å². The lowest BCUT2D eigenvalue weighted by molar-refractivity contribution is -0.137. The van der Waals surface area contributed by atoms with Gasteiger partial charge in [-0.3, -0.25) is 0 Å².